The average Bonchev–Trinajstić information content (AvgIpc) is 4.05. The number of anilines is 3. The van der Waals surface area contributed by atoms with E-state index in [0.29, 0.717) is 0 Å². The number of rotatable bonds is 5. The summed E-state index contributed by atoms with van der Waals surface area (Å²) >= 11 is 0. The molecule has 0 radical (unpaired) electrons. The third-order valence-corrected chi connectivity index (χ3v) is 15.3. The van der Waals surface area contributed by atoms with Gasteiger partial charge >= 0.3 is 0 Å². The Labute approximate surface area is 399 Å². The van der Waals surface area contributed by atoms with Crippen molar-refractivity contribution in [1.29, 1.82) is 0 Å². The Kier molecular flexibility index (Phi) is 8.02. The lowest BCUT2D eigenvalue weighted by molar-refractivity contribution is 0.669. The first-order valence-electron chi connectivity index (χ1n) is 23.9. The number of para-hydroxylation sites is 1. The summed E-state index contributed by atoms with van der Waals surface area (Å²) in [5.41, 5.74) is 19.9. The Morgan fingerprint density at radius 3 is 1.41 bits per heavy atom. The molecule has 2 aliphatic rings. The van der Waals surface area contributed by atoms with Gasteiger partial charge in [0.1, 0.15) is 11.2 Å². The van der Waals surface area contributed by atoms with Crippen LogP contribution in [0.3, 0.4) is 0 Å². The Bertz CT molecular complexity index is 4160. The summed E-state index contributed by atoms with van der Waals surface area (Å²) in [6.45, 7) is 0. The molecular formula is C67H41NO. The van der Waals surface area contributed by atoms with Crippen LogP contribution in [-0.4, -0.2) is 0 Å². The van der Waals surface area contributed by atoms with Crippen LogP contribution in [0.2, 0.25) is 0 Å². The lowest BCUT2D eigenvalue weighted by Gasteiger charge is -2.32. The molecule has 1 spiro atoms. The zero-order valence-electron chi connectivity index (χ0n) is 37.5. The number of hydrogen-bond donors (Lipinski definition) is 0. The summed E-state index contributed by atoms with van der Waals surface area (Å²) in [4.78, 5) is 2.51. The third-order valence-electron chi connectivity index (χ3n) is 15.3. The largest absolute Gasteiger partial charge is 0.456 e. The summed E-state index contributed by atoms with van der Waals surface area (Å²) in [6, 6.07) is 92.1. The number of hydrogen-bond acceptors (Lipinski definition) is 2. The molecule has 0 aliphatic heterocycles. The van der Waals surface area contributed by atoms with Crippen molar-refractivity contribution in [1.82, 2.24) is 0 Å². The van der Waals surface area contributed by atoms with Gasteiger partial charge in [-0.25, -0.2) is 0 Å². The van der Waals surface area contributed by atoms with E-state index in [2.05, 4.69) is 241 Å². The van der Waals surface area contributed by atoms with E-state index < -0.39 is 5.41 Å². The molecule has 0 amide bonds. The standard InChI is InChI=1S/C67H41NO/c1-2-18-50-48(17-1)49-19-3-4-24-56(49)66-57(50)25-14-29-63(66)68(46-34-31-42(32-35-46)43-15-13-16-44(39-43)45-33-38-65-58(40-45)55-23-8-12-30-64(55)69-65)47-36-37-54-53-22-7-11-28-61(53)67(62(54)41-47)59-26-9-5-20-51(59)52-21-6-10-27-60(52)67/h1-41H. The van der Waals surface area contributed by atoms with E-state index in [1.54, 1.807) is 0 Å². The van der Waals surface area contributed by atoms with Crippen LogP contribution in [-0.2, 0) is 5.41 Å². The molecule has 2 aliphatic carbocycles. The normalized spacial score (nSPS) is 13.0. The average molecular weight is 876 g/mol. The second-order valence-corrected chi connectivity index (χ2v) is 18.7. The molecule has 1 heterocycles. The molecule has 0 saturated carbocycles. The van der Waals surface area contributed by atoms with Gasteiger partial charge in [0.2, 0.25) is 0 Å². The van der Waals surface area contributed by atoms with Crippen molar-refractivity contribution < 1.29 is 4.42 Å². The van der Waals surface area contributed by atoms with Gasteiger partial charge in [0.15, 0.2) is 0 Å². The van der Waals surface area contributed by atoms with E-state index in [0.717, 1.165) is 44.6 Å². The van der Waals surface area contributed by atoms with Gasteiger partial charge in [0.25, 0.3) is 0 Å². The summed E-state index contributed by atoms with van der Waals surface area (Å²) < 4.78 is 6.18. The van der Waals surface area contributed by atoms with Gasteiger partial charge in [-0.15, -0.1) is 0 Å². The van der Waals surface area contributed by atoms with Crippen LogP contribution in [0.4, 0.5) is 17.1 Å². The number of nitrogens with zero attached hydrogens (tertiary/aromatic N) is 1. The van der Waals surface area contributed by atoms with E-state index in [4.69, 9.17) is 4.42 Å². The second-order valence-electron chi connectivity index (χ2n) is 18.7. The Balaban J connectivity index is 0.940. The fraction of sp³-hybridized carbons (Fsp3) is 0.0149. The monoisotopic (exact) mass is 875 g/mol. The van der Waals surface area contributed by atoms with Crippen LogP contribution in [0.5, 0.6) is 0 Å². The highest BCUT2D eigenvalue weighted by atomic mass is 16.3. The van der Waals surface area contributed by atoms with Crippen LogP contribution in [0.25, 0.3) is 98.8 Å². The fourth-order valence-corrected chi connectivity index (χ4v) is 12.4. The van der Waals surface area contributed by atoms with Crippen molar-refractivity contribution in [3.05, 3.63) is 271 Å². The van der Waals surface area contributed by atoms with Crippen LogP contribution in [0.15, 0.2) is 253 Å². The molecule has 2 heteroatoms. The molecule has 2 nitrogen and oxygen atoms in total. The molecule has 13 aromatic rings. The van der Waals surface area contributed by atoms with E-state index >= 15 is 0 Å². The molecule has 0 atom stereocenters. The Hall–Kier alpha value is -8.98. The van der Waals surface area contributed by atoms with Crippen LogP contribution < -0.4 is 4.90 Å². The maximum atomic E-state index is 6.18. The molecule has 15 rings (SSSR count). The lowest BCUT2D eigenvalue weighted by Crippen LogP contribution is -2.26. The predicted octanol–water partition coefficient (Wildman–Crippen LogP) is 18.2. The zero-order chi connectivity index (χ0) is 45.2. The molecule has 0 saturated heterocycles. The van der Waals surface area contributed by atoms with E-state index in [1.165, 1.54) is 93.5 Å². The van der Waals surface area contributed by atoms with E-state index in [1.807, 2.05) is 12.1 Å². The minimum Gasteiger partial charge on any atom is -0.456 e. The highest BCUT2D eigenvalue weighted by Gasteiger charge is 2.51. The molecule has 320 valence electrons. The second kappa shape index (κ2) is 14.5. The van der Waals surface area contributed by atoms with Crippen molar-refractivity contribution in [3.8, 4) is 44.5 Å². The van der Waals surface area contributed by atoms with Gasteiger partial charge in [-0.05, 0) is 148 Å². The predicted molar refractivity (Wildman–Crippen MR) is 288 cm³/mol. The molecule has 0 unspecified atom stereocenters. The number of fused-ring (bicyclic) bond motifs is 19. The molecule has 0 fully saturated rings. The van der Waals surface area contributed by atoms with Crippen LogP contribution in [0.1, 0.15) is 22.3 Å². The van der Waals surface area contributed by atoms with Gasteiger partial charge in [-0.3, -0.25) is 0 Å². The van der Waals surface area contributed by atoms with Crippen molar-refractivity contribution in [3.63, 3.8) is 0 Å². The van der Waals surface area contributed by atoms with E-state index in [-0.39, 0.29) is 0 Å². The molecule has 0 bridgehead atoms. The van der Waals surface area contributed by atoms with Crippen LogP contribution in [0, 0.1) is 0 Å². The topological polar surface area (TPSA) is 16.4 Å². The van der Waals surface area contributed by atoms with Gasteiger partial charge in [-0.1, -0.05) is 194 Å². The van der Waals surface area contributed by atoms with Crippen molar-refractivity contribution >= 4 is 71.3 Å². The van der Waals surface area contributed by atoms with Crippen molar-refractivity contribution in [2.24, 2.45) is 0 Å². The van der Waals surface area contributed by atoms with Crippen LogP contribution >= 0.6 is 0 Å². The number of benzene rings is 12. The molecule has 12 aromatic carbocycles. The maximum Gasteiger partial charge on any atom is 0.135 e. The first-order chi connectivity index (χ1) is 34.2. The summed E-state index contributed by atoms with van der Waals surface area (Å²) in [5.74, 6) is 0. The van der Waals surface area contributed by atoms with E-state index in [9.17, 15) is 0 Å². The molecular weight excluding hydrogens is 835 g/mol. The summed E-state index contributed by atoms with van der Waals surface area (Å²) in [6.07, 6.45) is 0. The first-order valence-corrected chi connectivity index (χ1v) is 23.9. The zero-order valence-corrected chi connectivity index (χ0v) is 37.5. The fourth-order valence-electron chi connectivity index (χ4n) is 12.4. The van der Waals surface area contributed by atoms with Gasteiger partial charge in [0.05, 0.1) is 11.1 Å². The number of furan rings is 1. The highest BCUT2D eigenvalue weighted by molar-refractivity contribution is 6.28. The van der Waals surface area contributed by atoms with Gasteiger partial charge in [-0.2, -0.15) is 0 Å². The quantitative estimate of drug-likeness (QED) is 0.160. The van der Waals surface area contributed by atoms with Gasteiger partial charge < -0.3 is 9.32 Å². The maximum absolute atomic E-state index is 6.18. The Morgan fingerprint density at radius 2 is 0.739 bits per heavy atom. The SMILES string of the molecule is c1cc(-c2ccc(N(c3ccc4c(c3)C3(c5ccccc5-c5ccccc53)c3ccccc3-4)c3cccc4c5ccccc5c5ccccc5c34)cc2)cc(-c2ccc3oc4ccccc4c3c2)c1. The third kappa shape index (κ3) is 5.37. The first kappa shape index (κ1) is 38.2. The molecule has 0 N–H and O–H groups in total. The molecule has 1 aromatic heterocycles. The minimum atomic E-state index is -0.466. The summed E-state index contributed by atoms with van der Waals surface area (Å²) in [7, 11) is 0. The van der Waals surface area contributed by atoms with Crippen molar-refractivity contribution in [2.75, 3.05) is 4.90 Å². The smallest absolute Gasteiger partial charge is 0.135 e. The van der Waals surface area contributed by atoms with Gasteiger partial charge in [0, 0.05) is 27.5 Å². The highest BCUT2D eigenvalue weighted by Crippen LogP contribution is 2.63. The molecule has 69 heavy (non-hydrogen) atoms. The van der Waals surface area contributed by atoms with Crippen molar-refractivity contribution in [2.45, 2.75) is 5.41 Å². The lowest BCUT2D eigenvalue weighted by atomic mass is 9.70. The summed E-state index contributed by atoms with van der Waals surface area (Å²) in [5, 5.41) is 9.77. The Morgan fingerprint density at radius 1 is 0.275 bits per heavy atom. The minimum absolute atomic E-state index is 0.466.